The van der Waals surface area contributed by atoms with Crippen LogP contribution in [-0.4, -0.2) is 23.7 Å². The molecule has 0 radical (unpaired) electrons. The maximum Gasteiger partial charge on any atom is 0.254 e. The lowest BCUT2D eigenvalue weighted by Gasteiger charge is -2.07. The van der Waals surface area contributed by atoms with Gasteiger partial charge in [-0.05, 0) is 25.1 Å². The van der Waals surface area contributed by atoms with E-state index in [-0.39, 0.29) is 12.1 Å². The second-order valence-corrected chi connectivity index (χ2v) is 3.62. The quantitative estimate of drug-likeness (QED) is 0.830. The van der Waals surface area contributed by atoms with E-state index in [0.29, 0.717) is 5.02 Å². The van der Waals surface area contributed by atoms with Crippen LogP contribution in [0.25, 0.3) is 0 Å². The first-order valence-corrected chi connectivity index (χ1v) is 4.80. The van der Waals surface area contributed by atoms with Gasteiger partial charge < -0.3 is 10.4 Å². The van der Waals surface area contributed by atoms with E-state index in [9.17, 15) is 9.18 Å². The molecule has 0 aliphatic rings. The smallest absolute Gasteiger partial charge is 0.254 e. The molecule has 0 fully saturated rings. The summed E-state index contributed by atoms with van der Waals surface area (Å²) in [4.78, 5) is 11.4. The molecule has 0 heterocycles. The van der Waals surface area contributed by atoms with E-state index in [1.807, 2.05) is 0 Å². The van der Waals surface area contributed by atoms with Crippen molar-refractivity contribution in [3.05, 3.63) is 34.6 Å². The molecule has 0 bridgehead atoms. The molecule has 5 heteroatoms. The highest BCUT2D eigenvalue weighted by Crippen LogP contribution is 2.14. The summed E-state index contributed by atoms with van der Waals surface area (Å²) < 4.78 is 13.2. The third-order valence-electron chi connectivity index (χ3n) is 1.73. The van der Waals surface area contributed by atoms with Crippen molar-refractivity contribution in [3.8, 4) is 0 Å². The number of rotatable bonds is 3. The van der Waals surface area contributed by atoms with Crippen LogP contribution in [0, 0.1) is 5.82 Å². The standard InChI is InChI=1S/C10H11ClFNO2/c1-6(14)5-13-10(15)8-4-7(11)2-3-9(8)12/h2-4,6,14H,5H2,1H3,(H,13,15)/t6-/m0/s1. The molecule has 1 amide bonds. The van der Waals surface area contributed by atoms with Gasteiger partial charge >= 0.3 is 0 Å². The van der Waals surface area contributed by atoms with E-state index in [2.05, 4.69) is 5.32 Å². The van der Waals surface area contributed by atoms with Crippen molar-refractivity contribution in [2.24, 2.45) is 0 Å². The molecule has 82 valence electrons. The third-order valence-corrected chi connectivity index (χ3v) is 1.97. The fourth-order valence-electron chi connectivity index (χ4n) is 1.01. The van der Waals surface area contributed by atoms with Crippen molar-refractivity contribution in [1.29, 1.82) is 0 Å². The highest BCUT2D eigenvalue weighted by Gasteiger charge is 2.12. The first kappa shape index (κ1) is 11.9. The third kappa shape index (κ3) is 3.49. The first-order valence-electron chi connectivity index (χ1n) is 4.42. The van der Waals surface area contributed by atoms with E-state index in [1.165, 1.54) is 19.1 Å². The van der Waals surface area contributed by atoms with Gasteiger partial charge in [0.1, 0.15) is 5.82 Å². The monoisotopic (exact) mass is 231 g/mol. The summed E-state index contributed by atoms with van der Waals surface area (Å²) >= 11 is 5.63. The molecular formula is C10H11ClFNO2. The maximum atomic E-state index is 13.2. The Labute approximate surface area is 91.9 Å². The van der Waals surface area contributed by atoms with Crippen LogP contribution >= 0.6 is 11.6 Å². The molecule has 1 aromatic carbocycles. The average Bonchev–Trinajstić information content (AvgIpc) is 2.18. The van der Waals surface area contributed by atoms with Crippen molar-refractivity contribution in [3.63, 3.8) is 0 Å². The predicted octanol–water partition coefficient (Wildman–Crippen LogP) is 1.59. The highest BCUT2D eigenvalue weighted by atomic mass is 35.5. The predicted molar refractivity (Wildman–Crippen MR) is 55.4 cm³/mol. The van der Waals surface area contributed by atoms with Crippen molar-refractivity contribution >= 4 is 17.5 Å². The molecular weight excluding hydrogens is 221 g/mol. The van der Waals surface area contributed by atoms with Gasteiger partial charge in [0.2, 0.25) is 0 Å². The Hall–Kier alpha value is -1.13. The number of hydrogen-bond acceptors (Lipinski definition) is 2. The van der Waals surface area contributed by atoms with Crippen LogP contribution in [0.4, 0.5) is 4.39 Å². The molecule has 0 aliphatic carbocycles. The summed E-state index contributed by atoms with van der Waals surface area (Å²) in [6, 6.07) is 3.73. The zero-order valence-electron chi connectivity index (χ0n) is 8.13. The minimum Gasteiger partial charge on any atom is -0.392 e. The highest BCUT2D eigenvalue weighted by molar-refractivity contribution is 6.30. The molecule has 2 N–H and O–H groups in total. The largest absolute Gasteiger partial charge is 0.392 e. The summed E-state index contributed by atoms with van der Waals surface area (Å²) in [5, 5.41) is 11.6. The lowest BCUT2D eigenvalue weighted by atomic mass is 10.2. The Balaban J connectivity index is 2.77. The molecule has 0 unspecified atom stereocenters. The topological polar surface area (TPSA) is 49.3 Å². The van der Waals surface area contributed by atoms with Crippen LogP contribution in [0.5, 0.6) is 0 Å². The summed E-state index contributed by atoms with van der Waals surface area (Å²) in [6.07, 6.45) is -0.670. The second-order valence-electron chi connectivity index (χ2n) is 3.18. The molecule has 0 saturated carbocycles. The van der Waals surface area contributed by atoms with Crippen LogP contribution in [0.3, 0.4) is 0 Å². The van der Waals surface area contributed by atoms with E-state index in [4.69, 9.17) is 16.7 Å². The Morgan fingerprint density at radius 2 is 2.33 bits per heavy atom. The molecule has 15 heavy (non-hydrogen) atoms. The number of benzene rings is 1. The molecule has 0 saturated heterocycles. The minimum absolute atomic E-state index is 0.0742. The van der Waals surface area contributed by atoms with Crippen molar-refractivity contribution in [2.75, 3.05) is 6.54 Å². The van der Waals surface area contributed by atoms with E-state index in [1.54, 1.807) is 0 Å². The minimum atomic E-state index is -0.670. The number of carbonyl (C=O) groups is 1. The lowest BCUT2D eigenvalue weighted by molar-refractivity contribution is 0.0920. The summed E-state index contributed by atoms with van der Waals surface area (Å²) in [6.45, 7) is 1.60. The van der Waals surface area contributed by atoms with Gasteiger partial charge in [-0.3, -0.25) is 4.79 Å². The zero-order valence-corrected chi connectivity index (χ0v) is 8.88. The fraction of sp³-hybridized carbons (Fsp3) is 0.300. The Bertz CT molecular complexity index is 368. The number of amides is 1. The van der Waals surface area contributed by atoms with E-state index in [0.717, 1.165) is 6.07 Å². The lowest BCUT2D eigenvalue weighted by Crippen LogP contribution is -2.31. The summed E-state index contributed by atoms with van der Waals surface area (Å²) in [5.74, 6) is -1.22. The Kier molecular flexibility index (Phi) is 4.05. The first-order chi connectivity index (χ1) is 7.00. The van der Waals surface area contributed by atoms with E-state index >= 15 is 0 Å². The summed E-state index contributed by atoms with van der Waals surface area (Å²) in [5.41, 5.74) is -0.122. The van der Waals surface area contributed by atoms with Gasteiger partial charge in [-0.15, -0.1) is 0 Å². The van der Waals surface area contributed by atoms with Crippen molar-refractivity contribution < 1.29 is 14.3 Å². The molecule has 3 nitrogen and oxygen atoms in total. The molecule has 0 aromatic heterocycles. The number of hydrogen-bond donors (Lipinski definition) is 2. The fourth-order valence-corrected chi connectivity index (χ4v) is 1.18. The van der Waals surface area contributed by atoms with Crippen molar-refractivity contribution in [2.45, 2.75) is 13.0 Å². The number of halogens is 2. The molecule has 1 atom stereocenters. The number of aliphatic hydroxyl groups excluding tert-OH is 1. The Morgan fingerprint density at radius 3 is 2.93 bits per heavy atom. The second kappa shape index (κ2) is 5.09. The SMILES string of the molecule is C[C@H](O)CNC(=O)c1cc(Cl)ccc1F. The maximum absolute atomic E-state index is 13.2. The van der Waals surface area contributed by atoms with E-state index < -0.39 is 17.8 Å². The molecule has 1 aromatic rings. The zero-order chi connectivity index (χ0) is 11.4. The van der Waals surface area contributed by atoms with Gasteiger partial charge in [0, 0.05) is 11.6 Å². The normalized spacial score (nSPS) is 12.3. The van der Waals surface area contributed by atoms with Gasteiger partial charge in [-0.1, -0.05) is 11.6 Å². The van der Waals surface area contributed by atoms with Crippen LogP contribution in [0.1, 0.15) is 17.3 Å². The van der Waals surface area contributed by atoms with Crippen LogP contribution < -0.4 is 5.32 Å². The number of nitrogens with one attached hydrogen (secondary N) is 1. The van der Waals surface area contributed by atoms with Gasteiger partial charge in [0.15, 0.2) is 0 Å². The van der Waals surface area contributed by atoms with Crippen LogP contribution in [-0.2, 0) is 0 Å². The molecule has 0 spiro atoms. The van der Waals surface area contributed by atoms with Gasteiger partial charge in [0.05, 0.1) is 11.7 Å². The van der Waals surface area contributed by atoms with Crippen LogP contribution in [0.2, 0.25) is 5.02 Å². The van der Waals surface area contributed by atoms with Crippen LogP contribution in [0.15, 0.2) is 18.2 Å². The summed E-state index contributed by atoms with van der Waals surface area (Å²) in [7, 11) is 0. The number of carbonyl (C=O) groups excluding carboxylic acids is 1. The van der Waals surface area contributed by atoms with Gasteiger partial charge in [0.25, 0.3) is 5.91 Å². The molecule has 1 rings (SSSR count). The molecule has 0 aliphatic heterocycles. The van der Waals surface area contributed by atoms with Gasteiger partial charge in [-0.2, -0.15) is 0 Å². The number of aliphatic hydroxyl groups is 1. The average molecular weight is 232 g/mol. The van der Waals surface area contributed by atoms with Crippen molar-refractivity contribution in [1.82, 2.24) is 5.32 Å². The Morgan fingerprint density at radius 1 is 1.67 bits per heavy atom. The van der Waals surface area contributed by atoms with Gasteiger partial charge in [-0.25, -0.2) is 4.39 Å².